The highest BCUT2D eigenvalue weighted by Gasteiger charge is 2.14. The maximum absolute atomic E-state index is 10.1. The highest BCUT2D eigenvalue weighted by Crippen LogP contribution is 2.29. The Bertz CT molecular complexity index is 423. The minimum atomic E-state index is -0.604. The zero-order chi connectivity index (χ0) is 10.7. The molecule has 1 aromatic heterocycles. The van der Waals surface area contributed by atoms with Gasteiger partial charge in [-0.05, 0) is 24.0 Å². The van der Waals surface area contributed by atoms with Crippen molar-refractivity contribution in [3.8, 4) is 0 Å². The summed E-state index contributed by atoms with van der Waals surface area (Å²) in [7, 11) is 0. The standard InChI is InChI=1S/C12H12O2S/c1-15-11-5-3-2-4-10(11)12(13)9-6-7-14-8-9/h2-8,12-13H,1H3/t12-/m0/s1. The van der Waals surface area contributed by atoms with E-state index in [0.717, 1.165) is 16.0 Å². The van der Waals surface area contributed by atoms with Crippen LogP contribution in [0.4, 0.5) is 0 Å². The highest BCUT2D eigenvalue weighted by atomic mass is 32.2. The number of aliphatic hydroxyl groups excluding tert-OH is 1. The van der Waals surface area contributed by atoms with E-state index in [1.807, 2.05) is 30.5 Å². The molecule has 0 saturated heterocycles. The average Bonchev–Trinajstić information content (AvgIpc) is 2.81. The van der Waals surface area contributed by atoms with E-state index in [-0.39, 0.29) is 0 Å². The van der Waals surface area contributed by atoms with E-state index in [2.05, 4.69) is 0 Å². The number of benzene rings is 1. The van der Waals surface area contributed by atoms with Crippen molar-refractivity contribution >= 4 is 11.8 Å². The van der Waals surface area contributed by atoms with E-state index in [1.165, 1.54) is 0 Å². The summed E-state index contributed by atoms with van der Waals surface area (Å²) in [5, 5.41) is 10.1. The molecule has 0 aliphatic rings. The second-order valence-electron chi connectivity index (χ2n) is 3.20. The van der Waals surface area contributed by atoms with E-state index < -0.39 is 6.10 Å². The monoisotopic (exact) mass is 220 g/mol. The zero-order valence-corrected chi connectivity index (χ0v) is 9.20. The van der Waals surface area contributed by atoms with Crippen molar-refractivity contribution in [3.63, 3.8) is 0 Å². The molecule has 3 heteroatoms. The fourth-order valence-corrected chi connectivity index (χ4v) is 2.13. The second-order valence-corrected chi connectivity index (χ2v) is 4.05. The van der Waals surface area contributed by atoms with Crippen LogP contribution in [0.15, 0.2) is 52.2 Å². The minimum Gasteiger partial charge on any atom is -0.472 e. The van der Waals surface area contributed by atoms with Gasteiger partial charge in [-0.15, -0.1) is 11.8 Å². The quantitative estimate of drug-likeness (QED) is 0.807. The first kappa shape index (κ1) is 10.3. The summed E-state index contributed by atoms with van der Waals surface area (Å²) in [6, 6.07) is 9.62. The molecule has 1 aromatic carbocycles. The van der Waals surface area contributed by atoms with Crippen LogP contribution in [0.2, 0.25) is 0 Å². The molecule has 1 atom stereocenters. The first-order chi connectivity index (χ1) is 7.33. The Labute approximate surface area is 92.9 Å². The van der Waals surface area contributed by atoms with Crippen LogP contribution in [-0.4, -0.2) is 11.4 Å². The minimum absolute atomic E-state index is 0.604. The molecule has 0 aliphatic heterocycles. The molecular formula is C12H12O2S. The van der Waals surface area contributed by atoms with Crippen LogP contribution in [0.1, 0.15) is 17.2 Å². The molecule has 2 aromatic rings. The normalized spacial score (nSPS) is 12.7. The molecule has 78 valence electrons. The molecule has 1 heterocycles. The van der Waals surface area contributed by atoms with Gasteiger partial charge in [0.1, 0.15) is 6.10 Å². The lowest BCUT2D eigenvalue weighted by Gasteiger charge is -2.12. The summed E-state index contributed by atoms with van der Waals surface area (Å²) in [6.07, 6.45) is 4.54. The number of hydrogen-bond acceptors (Lipinski definition) is 3. The van der Waals surface area contributed by atoms with Gasteiger partial charge in [0.25, 0.3) is 0 Å². The number of hydrogen-bond donors (Lipinski definition) is 1. The third-order valence-corrected chi connectivity index (χ3v) is 3.10. The average molecular weight is 220 g/mol. The number of aliphatic hydroxyl groups is 1. The van der Waals surface area contributed by atoms with Crippen LogP contribution in [0.25, 0.3) is 0 Å². The number of thioether (sulfide) groups is 1. The van der Waals surface area contributed by atoms with E-state index in [4.69, 9.17) is 4.42 Å². The fraction of sp³-hybridized carbons (Fsp3) is 0.167. The Hall–Kier alpha value is -1.19. The molecular weight excluding hydrogens is 208 g/mol. The Kier molecular flexibility index (Phi) is 3.14. The Morgan fingerprint density at radius 2 is 2.07 bits per heavy atom. The van der Waals surface area contributed by atoms with Gasteiger partial charge in [0.2, 0.25) is 0 Å². The van der Waals surface area contributed by atoms with Crippen LogP contribution in [0, 0.1) is 0 Å². The van der Waals surface area contributed by atoms with Crippen molar-refractivity contribution in [2.75, 3.05) is 6.26 Å². The highest BCUT2D eigenvalue weighted by molar-refractivity contribution is 7.98. The smallest absolute Gasteiger partial charge is 0.108 e. The maximum atomic E-state index is 10.1. The molecule has 0 radical (unpaired) electrons. The van der Waals surface area contributed by atoms with Gasteiger partial charge >= 0.3 is 0 Å². The van der Waals surface area contributed by atoms with Gasteiger partial charge in [0, 0.05) is 10.5 Å². The van der Waals surface area contributed by atoms with E-state index in [9.17, 15) is 5.11 Å². The zero-order valence-electron chi connectivity index (χ0n) is 8.38. The molecule has 0 saturated carbocycles. The first-order valence-electron chi connectivity index (χ1n) is 4.66. The SMILES string of the molecule is CSc1ccccc1[C@@H](O)c1ccoc1. The van der Waals surface area contributed by atoms with Gasteiger partial charge in [0.05, 0.1) is 12.5 Å². The van der Waals surface area contributed by atoms with Crippen molar-refractivity contribution in [1.82, 2.24) is 0 Å². The van der Waals surface area contributed by atoms with E-state index in [0.29, 0.717) is 0 Å². The summed E-state index contributed by atoms with van der Waals surface area (Å²) in [5.41, 5.74) is 1.71. The Morgan fingerprint density at radius 3 is 2.73 bits per heavy atom. The van der Waals surface area contributed by atoms with Crippen molar-refractivity contribution in [2.24, 2.45) is 0 Å². The molecule has 0 fully saturated rings. The largest absolute Gasteiger partial charge is 0.472 e. The maximum Gasteiger partial charge on any atom is 0.108 e. The molecule has 0 bridgehead atoms. The predicted octanol–water partition coefficient (Wildman–Crippen LogP) is 3.08. The van der Waals surface area contributed by atoms with Crippen molar-refractivity contribution in [1.29, 1.82) is 0 Å². The Balaban J connectivity index is 2.37. The molecule has 0 aliphatic carbocycles. The summed E-state index contributed by atoms with van der Waals surface area (Å²) >= 11 is 1.63. The van der Waals surface area contributed by atoms with Gasteiger partial charge in [0.15, 0.2) is 0 Å². The van der Waals surface area contributed by atoms with Crippen LogP contribution >= 0.6 is 11.8 Å². The lowest BCUT2D eigenvalue weighted by molar-refractivity contribution is 0.216. The molecule has 2 rings (SSSR count). The summed E-state index contributed by atoms with van der Waals surface area (Å²) in [5.74, 6) is 0. The first-order valence-corrected chi connectivity index (χ1v) is 5.88. The van der Waals surface area contributed by atoms with Gasteiger partial charge in [-0.1, -0.05) is 18.2 Å². The van der Waals surface area contributed by atoms with E-state index >= 15 is 0 Å². The topological polar surface area (TPSA) is 33.4 Å². The van der Waals surface area contributed by atoms with Gasteiger partial charge in [-0.3, -0.25) is 0 Å². The van der Waals surface area contributed by atoms with Crippen LogP contribution in [0.3, 0.4) is 0 Å². The fourth-order valence-electron chi connectivity index (χ4n) is 1.50. The lowest BCUT2D eigenvalue weighted by atomic mass is 10.0. The summed E-state index contributed by atoms with van der Waals surface area (Å²) in [4.78, 5) is 1.09. The number of rotatable bonds is 3. The van der Waals surface area contributed by atoms with Gasteiger partial charge in [-0.25, -0.2) is 0 Å². The van der Waals surface area contributed by atoms with Gasteiger partial charge < -0.3 is 9.52 Å². The molecule has 0 amide bonds. The molecule has 0 unspecified atom stereocenters. The predicted molar refractivity (Wildman–Crippen MR) is 61.0 cm³/mol. The van der Waals surface area contributed by atoms with Crippen LogP contribution in [0.5, 0.6) is 0 Å². The molecule has 1 N–H and O–H groups in total. The third-order valence-electron chi connectivity index (χ3n) is 2.29. The van der Waals surface area contributed by atoms with Crippen LogP contribution < -0.4 is 0 Å². The van der Waals surface area contributed by atoms with Crippen molar-refractivity contribution < 1.29 is 9.52 Å². The molecule has 2 nitrogen and oxygen atoms in total. The van der Waals surface area contributed by atoms with E-state index in [1.54, 1.807) is 30.4 Å². The third kappa shape index (κ3) is 2.08. The molecule has 0 spiro atoms. The molecule has 15 heavy (non-hydrogen) atoms. The lowest BCUT2D eigenvalue weighted by Crippen LogP contribution is -1.99. The Morgan fingerprint density at radius 1 is 1.27 bits per heavy atom. The number of furan rings is 1. The summed E-state index contributed by atoms with van der Waals surface area (Å²) in [6.45, 7) is 0. The van der Waals surface area contributed by atoms with Gasteiger partial charge in [-0.2, -0.15) is 0 Å². The summed E-state index contributed by atoms with van der Waals surface area (Å²) < 4.78 is 4.96. The second kappa shape index (κ2) is 4.55. The van der Waals surface area contributed by atoms with Crippen LogP contribution in [-0.2, 0) is 0 Å². The van der Waals surface area contributed by atoms with Crippen molar-refractivity contribution in [3.05, 3.63) is 54.0 Å². The van der Waals surface area contributed by atoms with Crippen molar-refractivity contribution in [2.45, 2.75) is 11.0 Å².